The summed E-state index contributed by atoms with van der Waals surface area (Å²) in [5, 5.41) is 3.46. The number of hydrogen-bond acceptors (Lipinski definition) is 3. The van der Waals surface area contributed by atoms with Crippen molar-refractivity contribution in [2.24, 2.45) is 0 Å². The summed E-state index contributed by atoms with van der Waals surface area (Å²) in [6.45, 7) is 8.79. The zero-order chi connectivity index (χ0) is 13.5. The molecule has 3 heteroatoms. The first-order valence-corrected chi connectivity index (χ1v) is 7.28. The van der Waals surface area contributed by atoms with Gasteiger partial charge in [0, 0.05) is 6.54 Å². The molecule has 1 saturated heterocycles. The summed E-state index contributed by atoms with van der Waals surface area (Å²) in [4.78, 5) is 0. The third-order valence-corrected chi connectivity index (χ3v) is 3.52. The van der Waals surface area contributed by atoms with Gasteiger partial charge in [-0.05, 0) is 30.0 Å². The van der Waals surface area contributed by atoms with Crippen LogP contribution in [-0.2, 0) is 16.1 Å². The van der Waals surface area contributed by atoms with Crippen LogP contribution in [0.4, 0.5) is 0 Å². The lowest BCUT2D eigenvalue weighted by Gasteiger charge is -2.26. The van der Waals surface area contributed by atoms with Crippen molar-refractivity contribution in [2.75, 3.05) is 26.3 Å². The smallest absolute Gasteiger partial charge is 0.105 e. The Bertz CT molecular complexity index is 360. The molecule has 1 aliphatic heterocycles. The molecule has 1 heterocycles. The van der Waals surface area contributed by atoms with Crippen LogP contribution in [0, 0.1) is 0 Å². The fraction of sp³-hybridized carbons (Fsp3) is 0.625. The van der Waals surface area contributed by atoms with E-state index in [-0.39, 0.29) is 0 Å². The molecule has 1 N–H and O–H groups in total. The van der Waals surface area contributed by atoms with Crippen molar-refractivity contribution in [1.82, 2.24) is 5.32 Å². The third-order valence-electron chi connectivity index (χ3n) is 3.52. The minimum atomic E-state index is 0.303. The second-order valence-corrected chi connectivity index (χ2v) is 5.32. The van der Waals surface area contributed by atoms with Gasteiger partial charge in [-0.3, -0.25) is 0 Å². The highest BCUT2D eigenvalue weighted by Gasteiger charge is 2.18. The van der Waals surface area contributed by atoms with Crippen molar-refractivity contribution in [3.63, 3.8) is 0 Å². The van der Waals surface area contributed by atoms with Crippen LogP contribution in [-0.4, -0.2) is 32.4 Å². The first kappa shape index (κ1) is 14.5. The van der Waals surface area contributed by atoms with Gasteiger partial charge in [0.2, 0.25) is 0 Å². The Hall–Kier alpha value is -0.900. The van der Waals surface area contributed by atoms with E-state index in [1.165, 1.54) is 17.5 Å². The highest BCUT2D eigenvalue weighted by atomic mass is 16.6. The summed E-state index contributed by atoms with van der Waals surface area (Å²) in [6.07, 6.45) is 1.49. The van der Waals surface area contributed by atoms with Gasteiger partial charge in [-0.15, -0.1) is 0 Å². The first-order valence-electron chi connectivity index (χ1n) is 7.28. The zero-order valence-electron chi connectivity index (χ0n) is 12.0. The first-order chi connectivity index (χ1) is 9.29. The molecule has 106 valence electrons. The summed E-state index contributed by atoms with van der Waals surface area (Å²) >= 11 is 0. The van der Waals surface area contributed by atoms with Gasteiger partial charge in [0.25, 0.3) is 0 Å². The highest BCUT2D eigenvalue weighted by molar-refractivity contribution is 5.25. The van der Waals surface area contributed by atoms with Gasteiger partial charge in [-0.1, -0.05) is 38.1 Å². The molecule has 2 rings (SSSR count). The third kappa shape index (κ3) is 4.60. The maximum Gasteiger partial charge on any atom is 0.105 e. The van der Waals surface area contributed by atoms with Gasteiger partial charge < -0.3 is 14.8 Å². The van der Waals surface area contributed by atoms with Crippen LogP contribution in [0.1, 0.15) is 37.3 Å². The molecular weight excluding hydrogens is 238 g/mol. The number of ether oxygens (including phenoxy) is 2. The topological polar surface area (TPSA) is 30.5 Å². The SMILES string of the molecule is CCCNCC(C)c1ccc(COC2COC2)cc1. The molecular formula is C16H25NO2. The maximum absolute atomic E-state index is 5.71. The van der Waals surface area contributed by atoms with Crippen LogP contribution in [0.25, 0.3) is 0 Å². The van der Waals surface area contributed by atoms with E-state index in [9.17, 15) is 0 Å². The van der Waals surface area contributed by atoms with E-state index in [1.54, 1.807) is 0 Å². The fourth-order valence-corrected chi connectivity index (χ4v) is 2.08. The largest absolute Gasteiger partial charge is 0.376 e. The molecule has 0 radical (unpaired) electrons. The highest BCUT2D eigenvalue weighted by Crippen LogP contribution is 2.16. The molecule has 1 fully saturated rings. The Balaban J connectivity index is 1.76. The normalized spacial score (nSPS) is 17.2. The number of nitrogens with one attached hydrogen (secondary N) is 1. The number of hydrogen-bond donors (Lipinski definition) is 1. The summed E-state index contributed by atoms with van der Waals surface area (Å²) < 4.78 is 10.8. The standard InChI is InChI=1S/C16H25NO2/c1-3-8-17-9-13(2)15-6-4-14(5-7-15)10-19-16-11-18-12-16/h4-7,13,16-17H,3,8-12H2,1-2H3. The maximum atomic E-state index is 5.71. The van der Waals surface area contributed by atoms with E-state index in [4.69, 9.17) is 9.47 Å². The Morgan fingerprint density at radius 1 is 1.32 bits per heavy atom. The van der Waals surface area contributed by atoms with Gasteiger partial charge >= 0.3 is 0 Å². The molecule has 3 nitrogen and oxygen atoms in total. The molecule has 19 heavy (non-hydrogen) atoms. The number of rotatable bonds is 8. The van der Waals surface area contributed by atoms with Gasteiger partial charge in [0.1, 0.15) is 6.10 Å². The fourth-order valence-electron chi connectivity index (χ4n) is 2.08. The van der Waals surface area contributed by atoms with Crippen molar-refractivity contribution >= 4 is 0 Å². The molecule has 1 aliphatic rings. The van der Waals surface area contributed by atoms with E-state index < -0.39 is 0 Å². The molecule has 0 bridgehead atoms. The van der Waals surface area contributed by atoms with Crippen LogP contribution in [0.2, 0.25) is 0 Å². The Morgan fingerprint density at radius 2 is 2.05 bits per heavy atom. The van der Waals surface area contributed by atoms with Crippen LogP contribution < -0.4 is 5.32 Å². The monoisotopic (exact) mass is 263 g/mol. The van der Waals surface area contributed by atoms with Gasteiger partial charge in [0.15, 0.2) is 0 Å². The van der Waals surface area contributed by atoms with E-state index in [0.29, 0.717) is 18.6 Å². The Kier molecular flexibility index (Phi) is 5.83. The predicted molar refractivity (Wildman–Crippen MR) is 77.4 cm³/mol. The molecule has 0 aliphatic carbocycles. The van der Waals surface area contributed by atoms with Gasteiger partial charge in [-0.2, -0.15) is 0 Å². The quantitative estimate of drug-likeness (QED) is 0.732. The molecule has 0 aromatic heterocycles. The van der Waals surface area contributed by atoms with Crippen LogP contribution in [0.5, 0.6) is 0 Å². The second-order valence-electron chi connectivity index (χ2n) is 5.32. The second kappa shape index (κ2) is 7.63. The van der Waals surface area contributed by atoms with E-state index in [1.807, 2.05) is 0 Å². The molecule has 0 spiro atoms. The lowest BCUT2D eigenvalue weighted by Crippen LogP contribution is -2.35. The Labute approximate surface area is 116 Å². The number of benzene rings is 1. The summed E-state index contributed by atoms with van der Waals surface area (Å²) in [5.74, 6) is 0.557. The zero-order valence-corrected chi connectivity index (χ0v) is 12.0. The van der Waals surface area contributed by atoms with Gasteiger partial charge in [0.05, 0.1) is 19.8 Å². The molecule has 0 amide bonds. The van der Waals surface area contributed by atoms with Crippen molar-refractivity contribution in [3.05, 3.63) is 35.4 Å². The minimum Gasteiger partial charge on any atom is -0.376 e. The summed E-state index contributed by atoms with van der Waals surface area (Å²) in [5.41, 5.74) is 2.63. The summed E-state index contributed by atoms with van der Waals surface area (Å²) in [7, 11) is 0. The molecule has 0 saturated carbocycles. The minimum absolute atomic E-state index is 0.303. The van der Waals surface area contributed by atoms with Crippen LogP contribution in [0.15, 0.2) is 24.3 Å². The van der Waals surface area contributed by atoms with Crippen molar-refractivity contribution in [2.45, 2.75) is 38.9 Å². The van der Waals surface area contributed by atoms with Crippen LogP contribution >= 0.6 is 0 Å². The average Bonchev–Trinajstić information content (AvgIpc) is 2.38. The van der Waals surface area contributed by atoms with Crippen molar-refractivity contribution < 1.29 is 9.47 Å². The van der Waals surface area contributed by atoms with E-state index in [2.05, 4.69) is 43.4 Å². The molecule has 1 unspecified atom stereocenters. The van der Waals surface area contributed by atoms with E-state index >= 15 is 0 Å². The lowest BCUT2D eigenvalue weighted by molar-refractivity contribution is -0.135. The molecule has 1 aromatic carbocycles. The Morgan fingerprint density at radius 3 is 2.63 bits per heavy atom. The van der Waals surface area contributed by atoms with Crippen molar-refractivity contribution in [3.8, 4) is 0 Å². The predicted octanol–water partition coefficient (Wildman–Crippen LogP) is 2.71. The lowest BCUT2D eigenvalue weighted by atomic mass is 10.00. The van der Waals surface area contributed by atoms with Crippen LogP contribution in [0.3, 0.4) is 0 Å². The average molecular weight is 263 g/mol. The van der Waals surface area contributed by atoms with Gasteiger partial charge in [-0.25, -0.2) is 0 Å². The summed E-state index contributed by atoms with van der Waals surface area (Å²) in [6, 6.07) is 8.78. The van der Waals surface area contributed by atoms with Crippen molar-refractivity contribution in [1.29, 1.82) is 0 Å². The molecule has 1 atom stereocenters. The molecule has 1 aromatic rings. The van der Waals surface area contributed by atoms with E-state index in [0.717, 1.165) is 26.3 Å².